The van der Waals surface area contributed by atoms with Gasteiger partial charge < -0.3 is 10.2 Å². The summed E-state index contributed by atoms with van der Waals surface area (Å²) in [5, 5.41) is 16.3. The van der Waals surface area contributed by atoms with Crippen LogP contribution in [0, 0.1) is 5.92 Å². The maximum atomic E-state index is 10.7. The molecule has 0 aromatic rings. The Balaban J connectivity index is 4.81. The van der Waals surface area contributed by atoms with Crippen molar-refractivity contribution in [2.75, 3.05) is 0 Å². The number of rotatable bonds is 5. The third kappa shape index (κ3) is 2.51. The summed E-state index contributed by atoms with van der Waals surface area (Å²) in [5.41, 5.74) is 0. The van der Waals surface area contributed by atoms with Gasteiger partial charge in [-0.2, -0.15) is 0 Å². The van der Waals surface area contributed by atoms with Gasteiger partial charge in [-0.15, -0.1) is 6.58 Å². The first-order valence-corrected chi connectivity index (χ1v) is 3.08. The first kappa shape index (κ1) is 11.0. The lowest BCUT2D eigenvalue weighted by atomic mass is 9.99. The minimum absolute atomic E-state index is 0.687. The van der Waals surface area contributed by atoms with Crippen LogP contribution < -0.4 is 0 Å². The topological polar surface area (TPSA) is 109 Å². The summed E-state index contributed by atoms with van der Waals surface area (Å²) >= 11 is 0. The second-order valence-electron chi connectivity index (χ2n) is 2.05. The van der Waals surface area contributed by atoms with E-state index in [1.165, 1.54) is 0 Å². The van der Waals surface area contributed by atoms with Gasteiger partial charge in [0.25, 0.3) is 11.6 Å². The second kappa shape index (κ2) is 4.15. The number of carbonyl (C=O) groups excluding carboxylic acids is 2. The minimum atomic E-state index is -1.86. The number of carbonyl (C=O) groups is 4. The van der Waals surface area contributed by atoms with Crippen molar-refractivity contribution in [2.45, 2.75) is 0 Å². The summed E-state index contributed by atoms with van der Waals surface area (Å²) in [6, 6.07) is 0. The molecule has 70 valence electrons. The molecule has 0 heterocycles. The van der Waals surface area contributed by atoms with Crippen LogP contribution >= 0.6 is 0 Å². The molecule has 13 heavy (non-hydrogen) atoms. The van der Waals surface area contributed by atoms with Crippen LogP contribution in [-0.2, 0) is 19.2 Å². The lowest BCUT2D eigenvalue weighted by molar-refractivity contribution is -0.156. The minimum Gasteiger partial charge on any atom is -0.475 e. The van der Waals surface area contributed by atoms with Crippen molar-refractivity contribution in [1.82, 2.24) is 0 Å². The smallest absolute Gasteiger partial charge is 0.373 e. The van der Waals surface area contributed by atoms with Crippen molar-refractivity contribution in [3.05, 3.63) is 12.7 Å². The van der Waals surface area contributed by atoms with Crippen LogP contribution in [0.15, 0.2) is 12.7 Å². The van der Waals surface area contributed by atoms with E-state index >= 15 is 0 Å². The van der Waals surface area contributed by atoms with Gasteiger partial charge >= 0.3 is 11.9 Å². The molecule has 0 saturated heterocycles. The predicted octanol–water partition coefficient (Wildman–Crippen LogP) is -0.904. The normalized spacial score (nSPS) is 9.31. The van der Waals surface area contributed by atoms with E-state index in [4.69, 9.17) is 10.2 Å². The Hall–Kier alpha value is -1.98. The average molecular weight is 186 g/mol. The molecule has 0 amide bonds. The highest BCUT2D eigenvalue weighted by Gasteiger charge is 2.32. The molecule has 6 heteroatoms. The quantitative estimate of drug-likeness (QED) is 0.327. The Kier molecular flexibility index (Phi) is 3.52. The maximum Gasteiger partial charge on any atom is 0.373 e. The third-order valence-electron chi connectivity index (χ3n) is 1.22. The van der Waals surface area contributed by atoms with Crippen LogP contribution in [0.1, 0.15) is 0 Å². The molecular weight excluding hydrogens is 180 g/mol. The molecule has 0 fully saturated rings. The zero-order chi connectivity index (χ0) is 10.6. The monoisotopic (exact) mass is 186 g/mol. The van der Waals surface area contributed by atoms with Crippen LogP contribution in [0.4, 0.5) is 0 Å². The van der Waals surface area contributed by atoms with Crippen molar-refractivity contribution in [3.63, 3.8) is 0 Å². The molecule has 2 N–H and O–H groups in total. The number of aliphatic carboxylic acids is 2. The van der Waals surface area contributed by atoms with Crippen molar-refractivity contribution >= 4 is 23.5 Å². The predicted molar refractivity (Wildman–Crippen MR) is 39.0 cm³/mol. The van der Waals surface area contributed by atoms with E-state index < -0.39 is 29.4 Å². The van der Waals surface area contributed by atoms with E-state index in [-0.39, 0.29) is 0 Å². The first-order chi connectivity index (χ1) is 5.91. The molecule has 0 saturated carbocycles. The summed E-state index contributed by atoms with van der Waals surface area (Å²) < 4.78 is 0. The van der Waals surface area contributed by atoms with Gasteiger partial charge in [0.2, 0.25) is 0 Å². The lowest BCUT2D eigenvalue weighted by Crippen LogP contribution is -2.32. The van der Waals surface area contributed by atoms with E-state index in [9.17, 15) is 19.2 Å². The van der Waals surface area contributed by atoms with Crippen molar-refractivity contribution in [2.24, 2.45) is 5.92 Å². The highest BCUT2D eigenvalue weighted by molar-refractivity contribution is 6.47. The summed E-state index contributed by atoms with van der Waals surface area (Å²) in [5.74, 6) is -8.53. The second-order valence-corrected chi connectivity index (χ2v) is 2.05. The standard InChI is InChI=1S/C7H6O6/c1-2-3(4(8)6(10)11)5(9)7(12)13/h2-3H,1H2,(H,10,11)(H,12,13). The van der Waals surface area contributed by atoms with E-state index in [1.54, 1.807) is 0 Å². The van der Waals surface area contributed by atoms with Crippen LogP contribution in [0.25, 0.3) is 0 Å². The Bertz CT molecular complexity index is 263. The van der Waals surface area contributed by atoms with Gasteiger partial charge in [-0.1, -0.05) is 6.08 Å². The molecule has 0 atom stereocenters. The molecule has 0 spiro atoms. The van der Waals surface area contributed by atoms with Crippen LogP contribution in [0.3, 0.4) is 0 Å². The average Bonchev–Trinajstić information content (AvgIpc) is 2.04. The molecule has 0 aromatic carbocycles. The Morgan fingerprint density at radius 3 is 1.46 bits per heavy atom. The summed E-state index contributed by atoms with van der Waals surface area (Å²) in [4.78, 5) is 41.5. The van der Waals surface area contributed by atoms with Gasteiger partial charge in [0.15, 0.2) is 0 Å². The molecule has 0 aromatic heterocycles. The molecule has 0 aliphatic rings. The number of allylic oxidation sites excluding steroid dienone is 1. The molecule has 0 radical (unpaired) electrons. The van der Waals surface area contributed by atoms with Gasteiger partial charge in [0.1, 0.15) is 5.92 Å². The highest BCUT2D eigenvalue weighted by atomic mass is 16.4. The molecule has 0 rings (SSSR count). The van der Waals surface area contributed by atoms with Crippen molar-refractivity contribution in [1.29, 1.82) is 0 Å². The van der Waals surface area contributed by atoms with Gasteiger partial charge in [0.05, 0.1) is 0 Å². The fourth-order valence-electron chi connectivity index (χ4n) is 0.599. The Morgan fingerprint density at radius 1 is 1.00 bits per heavy atom. The van der Waals surface area contributed by atoms with Crippen molar-refractivity contribution in [3.8, 4) is 0 Å². The third-order valence-corrected chi connectivity index (χ3v) is 1.22. The summed E-state index contributed by atoms with van der Waals surface area (Å²) in [7, 11) is 0. The van der Waals surface area contributed by atoms with Crippen LogP contribution in [0.2, 0.25) is 0 Å². The van der Waals surface area contributed by atoms with E-state index in [0.717, 1.165) is 0 Å². The lowest BCUT2D eigenvalue weighted by Gasteiger charge is -2.02. The van der Waals surface area contributed by atoms with Gasteiger partial charge in [-0.25, -0.2) is 9.59 Å². The number of hydrogen-bond acceptors (Lipinski definition) is 4. The van der Waals surface area contributed by atoms with E-state index in [2.05, 4.69) is 6.58 Å². The van der Waals surface area contributed by atoms with Gasteiger partial charge in [-0.3, -0.25) is 9.59 Å². The van der Waals surface area contributed by atoms with Crippen LogP contribution in [-0.4, -0.2) is 33.7 Å². The number of Topliss-reactive ketones (excluding diaryl/α,β-unsaturated/α-hetero) is 2. The molecule has 0 unspecified atom stereocenters. The maximum absolute atomic E-state index is 10.7. The zero-order valence-corrected chi connectivity index (χ0v) is 6.39. The number of carboxylic acid groups (broad SMARTS) is 2. The molecule has 0 aliphatic heterocycles. The zero-order valence-electron chi connectivity index (χ0n) is 6.39. The van der Waals surface area contributed by atoms with Gasteiger partial charge in [0, 0.05) is 0 Å². The summed E-state index contributed by atoms with van der Waals surface area (Å²) in [6.07, 6.45) is 0.687. The largest absolute Gasteiger partial charge is 0.475 e. The number of ketones is 2. The fraction of sp³-hybridized carbons (Fsp3) is 0.143. The molecule has 0 bridgehead atoms. The number of carboxylic acids is 2. The summed E-state index contributed by atoms with van der Waals surface area (Å²) in [6.45, 7) is 3.00. The van der Waals surface area contributed by atoms with Crippen LogP contribution in [0.5, 0.6) is 0 Å². The van der Waals surface area contributed by atoms with E-state index in [0.29, 0.717) is 6.08 Å². The fourth-order valence-corrected chi connectivity index (χ4v) is 0.599. The first-order valence-electron chi connectivity index (χ1n) is 3.08. The highest BCUT2D eigenvalue weighted by Crippen LogP contribution is 2.02. The van der Waals surface area contributed by atoms with E-state index in [1.807, 2.05) is 0 Å². The van der Waals surface area contributed by atoms with Crippen molar-refractivity contribution < 1.29 is 29.4 Å². The molecule has 6 nitrogen and oxygen atoms in total. The Labute approximate surface area is 72.5 Å². The molecule has 0 aliphatic carbocycles. The SMILES string of the molecule is C=CC(C(=O)C(=O)O)C(=O)C(=O)O. The van der Waals surface area contributed by atoms with Gasteiger partial charge in [-0.05, 0) is 0 Å². The number of hydrogen-bond donors (Lipinski definition) is 2. The Morgan fingerprint density at radius 2 is 1.31 bits per heavy atom. The molecular formula is C7H6O6.